The predicted molar refractivity (Wildman–Crippen MR) is 79.7 cm³/mol. The summed E-state index contributed by atoms with van der Waals surface area (Å²) in [5.74, 6) is -0.953. The smallest absolute Gasteiger partial charge is 0.320 e. The van der Waals surface area contributed by atoms with Gasteiger partial charge in [-0.05, 0) is 18.6 Å². The third-order valence-corrected chi connectivity index (χ3v) is 3.66. The Balaban J connectivity index is 2.09. The zero-order valence-corrected chi connectivity index (χ0v) is 11.0. The van der Waals surface area contributed by atoms with E-state index in [0.29, 0.717) is 13.0 Å². The summed E-state index contributed by atoms with van der Waals surface area (Å²) in [6.45, 7) is 0.599. The highest BCUT2D eigenvalue weighted by Crippen LogP contribution is 2.28. The van der Waals surface area contributed by atoms with Gasteiger partial charge >= 0.3 is 5.97 Å². The van der Waals surface area contributed by atoms with Crippen molar-refractivity contribution >= 4 is 27.8 Å². The first kappa shape index (κ1) is 12.7. The normalized spacial score (nSPS) is 12.8. The van der Waals surface area contributed by atoms with Gasteiger partial charge < -0.3 is 15.4 Å². The van der Waals surface area contributed by atoms with E-state index in [0.717, 1.165) is 11.0 Å². The van der Waals surface area contributed by atoms with Gasteiger partial charge in [-0.25, -0.2) is 0 Å². The second-order valence-corrected chi connectivity index (χ2v) is 4.92. The fourth-order valence-electron chi connectivity index (χ4n) is 2.64. The van der Waals surface area contributed by atoms with Gasteiger partial charge in [0.2, 0.25) is 0 Å². The second kappa shape index (κ2) is 4.98. The molecule has 4 heteroatoms. The molecule has 0 saturated carbocycles. The lowest BCUT2D eigenvalue weighted by molar-refractivity contribution is -0.138. The number of fused-ring (bicyclic) bond motifs is 3. The minimum Gasteiger partial charge on any atom is -0.480 e. The molecule has 0 bridgehead atoms. The molecule has 0 aliphatic heterocycles. The third kappa shape index (κ3) is 2.04. The van der Waals surface area contributed by atoms with Crippen LogP contribution in [-0.4, -0.2) is 21.7 Å². The molecule has 1 atom stereocenters. The largest absolute Gasteiger partial charge is 0.480 e. The van der Waals surface area contributed by atoms with Crippen molar-refractivity contribution in [1.29, 1.82) is 0 Å². The lowest BCUT2D eigenvalue weighted by atomic mass is 10.2. The monoisotopic (exact) mass is 268 g/mol. The minimum absolute atomic E-state index is 0.415. The van der Waals surface area contributed by atoms with Crippen LogP contribution in [0.2, 0.25) is 0 Å². The van der Waals surface area contributed by atoms with E-state index < -0.39 is 12.0 Å². The molecular weight excluding hydrogens is 252 g/mol. The first-order chi connectivity index (χ1) is 9.68. The molecule has 0 amide bonds. The average Bonchev–Trinajstić information content (AvgIpc) is 2.79. The highest BCUT2D eigenvalue weighted by atomic mass is 16.4. The van der Waals surface area contributed by atoms with Crippen LogP contribution in [0.1, 0.15) is 6.42 Å². The van der Waals surface area contributed by atoms with Crippen molar-refractivity contribution in [2.45, 2.75) is 19.0 Å². The van der Waals surface area contributed by atoms with E-state index in [2.05, 4.69) is 28.8 Å². The van der Waals surface area contributed by atoms with Crippen molar-refractivity contribution in [3.8, 4) is 0 Å². The molecule has 4 nitrogen and oxygen atoms in total. The molecule has 0 saturated heterocycles. The van der Waals surface area contributed by atoms with Crippen LogP contribution in [0.4, 0.5) is 0 Å². The van der Waals surface area contributed by atoms with Gasteiger partial charge in [-0.15, -0.1) is 0 Å². The molecule has 0 fully saturated rings. The molecule has 3 N–H and O–H groups in total. The number of nitrogens with zero attached hydrogens (tertiary/aromatic N) is 1. The fraction of sp³-hybridized carbons (Fsp3) is 0.188. The molecule has 0 aliphatic carbocycles. The number of hydrogen-bond donors (Lipinski definition) is 2. The SMILES string of the molecule is NC(CCn1c2ccccc2c2ccccc21)C(=O)O. The number of aryl methyl sites for hydroxylation is 1. The van der Waals surface area contributed by atoms with Gasteiger partial charge in [0.25, 0.3) is 0 Å². The van der Waals surface area contributed by atoms with E-state index in [1.54, 1.807) is 0 Å². The number of hydrogen-bond acceptors (Lipinski definition) is 2. The van der Waals surface area contributed by atoms with Crippen molar-refractivity contribution in [2.75, 3.05) is 0 Å². The highest BCUT2D eigenvalue weighted by Gasteiger charge is 2.14. The second-order valence-electron chi connectivity index (χ2n) is 4.92. The summed E-state index contributed by atoms with van der Waals surface area (Å²) in [4.78, 5) is 10.9. The van der Waals surface area contributed by atoms with Crippen LogP contribution in [0, 0.1) is 0 Å². The molecule has 3 rings (SSSR count). The van der Waals surface area contributed by atoms with Crippen LogP contribution in [0.3, 0.4) is 0 Å². The molecule has 0 radical (unpaired) electrons. The van der Waals surface area contributed by atoms with Crippen LogP contribution < -0.4 is 5.73 Å². The first-order valence-corrected chi connectivity index (χ1v) is 6.63. The van der Waals surface area contributed by atoms with E-state index in [9.17, 15) is 4.79 Å². The van der Waals surface area contributed by atoms with E-state index in [1.165, 1.54) is 10.8 Å². The van der Waals surface area contributed by atoms with Gasteiger partial charge in [0.05, 0.1) is 0 Å². The summed E-state index contributed by atoms with van der Waals surface area (Å²) in [5.41, 5.74) is 7.84. The molecule has 102 valence electrons. The molecule has 0 aliphatic rings. The Morgan fingerprint density at radius 2 is 1.55 bits per heavy atom. The van der Waals surface area contributed by atoms with Crippen LogP contribution in [0.25, 0.3) is 21.8 Å². The zero-order valence-electron chi connectivity index (χ0n) is 11.0. The number of rotatable bonds is 4. The van der Waals surface area contributed by atoms with Crippen molar-refractivity contribution in [2.24, 2.45) is 5.73 Å². The summed E-state index contributed by atoms with van der Waals surface area (Å²) >= 11 is 0. The Morgan fingerprint density at radius 1 is 1.05 bits per heavy atom. The first-order valence-electron chi connectivity index (χ1n) is 6.63. The number of para-hydroxylation sites is 2. The van der Waals surface area contributed by atoms with E-state index in [-0.39, 0.29) is 0 Å². The maximum Gasteiger partial charge on any atom is 0.320 e. The number of aliphatic carboxylic acids is 1. The van der Waals surface area contributed by atoms with Crippen LogP contribution in [-0.2, 0) is 11.3 Å². The van der Waals surface area contributed by atoms with Crippen LogP contribution in [0.5, 0.6) is 0 Å². The Kier molecular flexibility index (Phi) is 3.16. The lowest BCUT2D eigenvalue weighted by Gasteiger charge is -2.10. The number of nitrogens with two attached hydrogens (primary N) is 1. The van der Waals surface area contributed by atoms with E-state index in [4.69, 9.17) is 10.8 Å². The highest BCUT2D eigenvalue weighted by molar-refractivity contribution is 6.07. The molecule has 1 heterocycles. The lowest BCUT2D eigenvalue weighted by Crippen LogP contribution is -2.31. The van der Waals surface area contributed by atoms with Gasteiger partial charge in [-0.1, -0.05) is 36.4 Å². The maximum absolute atomic E-state index is 10.9. The number of benzene rings is 2. The average molecular weight is 268 g/mol. The molecular formula is C16H16N2O2. The quantitative estimate of drug-likeness (QED) is 0.764. The van der Waals surface area contributed by atoms with Crippen molar-refractivity contribution in [3.63, 3.8) is 0 Å². The van der Waals surface area contributed by atoms with E-state index >= 15 is 0 Å². The summed E-state index contributed by atoms with van der Waals surface area (Å²) in [6, 6.07) is 15.5. The standard InChI is InChI=1S/C16H16N2O2/c17-13(16(19)20)9-10-18-14-7-3-1-5-11(14)12-6-2-4-8-15(12)18/h1-8,13H,9-10,17H2,(H,19,20). The summed E-state index contributed by atoms with van der Waals surface area (Å²) in [7, 11) is 0. The summed E-state index contributed by atoms with van der Waals surface area (Å²) < 4.78 is 2.15. The molecule has 1 unspecified atom stereocenters. The summed E-state index contributed by atoms with van der Waals surface area (Å²) in [6.07, 6.45) is 0.415. The molecule has 20 heavy (non-hydrogen) atoms. The Morgan fingerprint density at radius 3 is 2.05 bits per heavy atom. The van der Waals surface area contributed by atoms with E-state index in [1.807, 2.05) is 24.3 Å². The number of carbonyl (C=O) groups is 1. The Labute approximate surface area is 116 Å². The Hall–Kier alpha value is -2.33. The van der Waals surface area contributed by atoms with Gasteiger partial charge in [-0.3, -0.25) is 4.79 Å². The van der Waals surface area contributed by atoms with Gasteiger partial charge in [0.1, 0.15) is 6.04 Å². The van der Waals surface area contributed by atoms with Gasteiger partial charge in [-0.2, -0.15) is 0 Å². The van der Waals surface area contributed by atoms with Crippen molar-refractivity contribution in [3.05, 3.63) is 48.5 Å². The van der Waals surface area contributed by atoms with Gasteiger partial charge in [0, 0.05) is 28.4 Å². The van der Waals surface area contributed by atoms with Gasteiger partial charge in [0.15, 0.2) is 0 Å². The maximum atomic E-state index is 10.9. The minimum atomic E-state index is -0.953. The molecule has 2 aromatic carbocycles. The van der Waals surface area contributed by atoms with Crippen LogP contribution >= 0.6 is 0 Å². The topological polar surface area (TPSA) is 68.2 Å². The van der Waals surface area contributed by atoms with Crippen LogP contribution in [0.15, 0.2) is 48.5 Å². The van der Waals surface area contributed by atoms with Crippen molar-refractivity contribution in [1.82, 2.24) is 4.57 Å². The fourth-order valence-corrected chi connectivity index (χ4v) is 2.64. The number of aromatic nitrogens is 1. The predicted octanol–water partition coefficient (Wildman–Crippen LogP) is 2.60. The zero-order chi connectivity index (χ0) is 14.1. The molecule has 3 aromatic rings. The Bertz CT molecular complexity index is 723. The summed E-state index contributed by atoms with van der Waals surface area (Å²) in [5, 5.41) is 11.3. The molecule has 1 aromatic heterocycles. The number of carboxylic acid groups (broad SMARTS) is 1. The third-order valence-electron chi connectivity index (χ3n) is 3.66. The van der Waals surface area contributed by atoms with Crippen molar-refractivity contribution < 1.29 is 9.90 Å². The number of carboxylic acids is 1. The molecule has 0 spiro atoms.